The summed E-state index contributed by atoms with van der Waals surface area (Å²) in [5.41, 5.74) is 1.45. The molecule has 3 aromatic rings. The van der Waals surface area contributed by atoms with Gasteiger partial charge < -0.3 is 9.47 Å². The Morgan fingerprint density at radius 1 is 1.00 bits per heavy atom. The number of benzene rings is 2. The van der Waals surface area contributed by atoms with Crippen LogP contribution in [0.25, 0.3) is 10.8 Å². The highest BCUT2D eigenvalue weighted by Gasteiger charge is 2.14. The summed E-state index contributed by atoms with van der Waals surface area (Å²) in [7, 11) is 1.63. The third-order valence-corrected chi connectivity index (χ3v) is 3.74. The lowest BCUT2D eigenvalue weighted by molar-refractivity contribution is 0.0338. The van der Waals surface area contributed by atoms with Crippen molar-refractivity contribution < 1.29 is 14.3 Å². The molecular weight excluding hydrogens is 290 g/mol. The standard InChI is InChI=1S/C19H17NO3/c1-13(14-7-9-20-10-8-14)23-19(21)17-4-3-16-12-18(22-2)6-5-15(16)11-17/h3-13H,1-2H3/t13-/m1/s1. The molecule has 23 heavy (non-hydrogen) atoms. The predicted octanol–water partition coefficient (Wildman–Crippen LogP) is 4.16. The van der Waals surface area contributed by atoms with Gasteiger partial charge in [-0.15, -0.1) is 0 Å². The summed E-state index contributed by atoms with van der Waals surface area (Å²) in [5.74, 6) is 0.450. The Labute approximate surface area is 134 Å². The van der Waals surface area contributed by atoms with E-state index in [4.69, 9.17) is 9.47 Å². The van der Waals surface area contributed by atoms with Gasteiger partial charge in [-0.3, -0.25) is 4.98 Å². The molecule has 0 aliphatic rings. The van der Waals surface area contributed by atoms with Gasteiger partial charge >= 0.3 is 5.97 Å². The Morgan fingerprint density at radius 2 is 1.70 bits per heavy atom. The van der Waals surface area contributed by atoms with E-state index in [-0.39, 0.29) is 12.1 Å². The highest BCUT2D eigenvalue weighted by Crippen LogP contribution is 2.23. The number of pyridine rings is 1. The van der Waals surface area contributed by atoms with Crippen LogP contribution in [-0.2, 0) is 4.74 Å². The van der Waals surface area contributed by atoms with E-state index in [9.17, 15) is 4.79 Å². The lowest BCUT2D eigenvalue weighted by atomic mass is 10.1. The Kier molecular flexibility index (Phi) is 4.24. The Balaban J connectivity index is 1.81. The maximum atomic E-state index is 12.3. The molecule has 1 heterocycles. The minimum absolute atomic E-state index is 0.322. The zero-order valence-electron chi connectivity index (χ0n) is 13.0. The van der Waals surface area contributed by atoms with Crippen molar-refractivity contribution in [2.45, 2.75) is 13.0 Å². The van der Waals surface area contributed by atoms with E-state index in [2.05, 4.69) is 4.98 Å². The van der Waals surface area contributed by atoms with Gasteiger partial charge in [0.15, 0.2) is 0 Å². The van der Waals surface area contributed by atoms with Gasteiger partial charge in [-0.25, -0.2) is 4.79 Å². The second kappa shape index (κ2) is 6.48. The lowest BCUT2D eigenvalue weighted by Crippen LogP contribution is -2.09. The van der Waals surface area contributed by atoms with Crippen LogP contribution in [0.15, 0.2) is 60.9 Å². The van der Waals surface area contributed by atoms with Gasteiger partial charge in [0.05, 0.1) is 12.7 Å². The van der Waals surface area contributed by atoms with E-state index in [0.29, 0.717) is 5.56 Å². The molecule has 1 aromatic heterocycles. The molecule has 0 radical (unpaired) electrons. The van der Waals surface area contributed by atoms with Crippen molar-refractivity contribution in [2.75, 3.05) is 7.11 Å². The lowest BCUT2D eigenvalue weighted by Gasteiger charge is -2.13. The van der Waals surface area contributed by atoms with Crippen molar-refractivity contribution in [3.05, 3.63) is 72.1 Å². The molecule has 4 heteroatoms. The van der Waals surface area contributed by atoms with Crippen LogP contribution in [0.2, 0.25) is 0 Å². The third kappa shape index (κ3) is 3.31. The maximum Gasteiger partial charge on any atom is 0.338 e. The Bertz CT molecular complexity index is 830. The van der Waals surface area contributed by atoms with Crippen LogP contribution in [-0.4, -0.2) is 18.1 Å². The zero-order chi connectivity index (χ0) is 16.2. The van der Waals surface area contributed by atoms with Crippen LogP contribution >= 0.6 is 0 Å². The molecule has 0 saturated heterocycles. The number of carbonyl (C=O) groups excluding carboxylic acids is 1. The second-order valence-corrected chi connectivity index (χ2v) is 5.26. The minimum atomic E-state index is -0.341. The largest absolute Gasteiger partial charge is 0.497 e. The quantitative estimate of drug-likeness (QED) is 0.679. The summed E-state index contributed by atoms with van der Waals surface area (Å²) in [5, 5.41) is 1.99. The molecule has 0 fully saturated rings. The van der Waals surface area contributed by atoms with E-state index < -0.39 is 0 Å². The molecule has 0 saturated carbocycles. The molecule has 3 rings (SSSR count). The van der Waals surface area contributed by atoms with Crippen LogP contribution in [0, 0.1) is 0 Å². The number of ether oxygens (including phenoxy) is 2. The second-order valence-electron chi connectivity index (χ2n) is 5.26. The maximum absolute atomic E-state index is 12.3. The molecule has 0 bridgehead atoms. The topological polar surface area (TPSA) is 48.4 Å². The number of fused-ring (bicyclic) bond motifs is 1. The first kappa shape index (κ1) is 15.0. The van der Waals surface area contributed by atoms with Crippen molar-refractivity contribution in [2.24, 2.45) is 0 Å². The Morgan fingerprint density at radius 3 is 2.43 bits per heavy atom. The molecule has 116 valence electrons. The van der Waals surface area contributed by atoms with E-state index in [1.807, 2.05) is 49.4 Å². The SMILES string of the molecule is COc1ccc2cc(C(=O)O[C@H](C)c3ccncc3)ccc2c1. The van der Waals surface area contributed by atoms with E-state index in [1.54, 1.807) is 25.6 Å². The smallest absolute Gasteiger partial charge is 0.338 e. The predicted molar refractivity (Wildman–Crippen MR) is 88.6 cm³/mol. The number of methoxy groups -OCH3 is 1. The number of rotatable bonds is 4. The fourth-order valence-electron chi connectivity index (χ4n) is 2.41. The Hall–Kier alpha value is -2.88. The number of hydrogen-bond acceptors (Lipinski definition) is 4. The fourth-order valence-corrected chi connectivity index (χ4v) is 2.41. The van der Waals surface area contributed by atoms with Crippen molar-refractivity contribution in [3.8, 4) is 5.75 Å². The summed E-state index contributed by atoms with van der Waals surface area (Å²) in [6.45, 7) is 1.85. The normalized spacial score (nSPS) is 11.9. The molecule has 0 amide bonds. The first-order valence-corrected chi connectivity index (χ1v) is 7.36. The van der Waals surface area contributed by atoms with Crippen molar-refractivity contribution in [1.29, 1.82) is 0 Å². The monoisotopic (exact) mass is 307 g/mol. The first-order valence-electron chi connectivity index (χ1n) is 7.36. The van der Waals surface area contributed by atoms with Gasteiger partial charge in [0.25, 0.3) is 0 Å². The molecule has 2 aromatic carbocycles. The van der Waals surface area contributed by atoms with Gasteiger partial charge in [0.2, 0.25) is 0 Å². The van der Waals surface area contributed by atoms with Crippen molar-refractivity contribution >= 4 is 16.7 Å². The summed E-state index contributed by atoms with van der Waals surface area (Å²) in [4.78, 5) is 16.3. The van der Waals surface area contributed by atoms with Crippen LogP contribution in [0.3, 0.4) is 0 Å². The highest BCUT2D eigenvalue weighted by atomic mass is 16.5. The number of esters is 1. The molecule has 1 atom stereocenters. The zero-order valence-corrected chi connectivity index (χ0v) is 13.0. The van der Waals surface area contributed by atoms with Gasteiger partial charge in [0.1, 0.15) is 11.9 Å². The minimum Gasteiger partial charge on any atom is -0.497 e. The van der Waals surface area contributed by atoms with Crippen molar-refractivity contribution in [1.82, 2.24) is 4.98 Å². The summed E-state index contributed by atoms with van der Waals surface area (Å²) in [6, 6.07) is 14.9. The van der Waals surface area contributed by atoms with Gasteiger partial charge in [-0.05, 0) is 59.7 Å². The van der Waals surface area contributed by atoms with Crippen LogP contribution in [0.4, 0.5) is 0 Å². The fraction of sp³-hybridized carbons (Fsp3) is 0.158. The molecule has 0 spiro atoms. The molecule has 0 aliphatic carbocycles. The molecule has 0 aliphatic heterocycles. The number of hydrogen-bond donors (Lipinski definition) is 0. The average molecular weight is 307 g/mol. The van der Waals surface area contributed by atoms with Crippen LogP contribution in [0.1, 0.15) is 28.9 Å². The third-order valence-electron chi connectivity index (χ3n) is 3.74. The molecular formula is C19H17NO3. The summed E-state index contributed by atoms with van der Waals surface area (Å²) in [6.07, 6.45) is 3.05. The van der Waals surface area contributed by atoms with Crippen LogP contribution < -0.4 is 4.74 Å². The van der Waals surface area contributed by atoms with Gasteiger partial charge in [-0.2, -0.15) is 0 Å². The molecule has 0 unspecified atom stereocenters. The highest BCUT2D eigenvalue weighted by molar-refractivity contribution is 5.95. The van der Waals surface area contributed by atoms with E-state index in [1.165, 1.54) is 0 Å². The number of carbonyl (C=O) groups is 1. The number of aromatic nitrogens is 1. The molecule has 4 nitrogen and oxygen atoms in total. The van der Waals surface area contributed by atoms with E-state index >= 15 is 0 Å². The number of nitrogens with zero attached hydrogens (tertiary/aromatic N) is 1. The average Bonchev–Trinajstić information content (AvgIpc) is 2.61. The summed E-state index contributed by atoms with van der Waals surface area (Å²) >= 11 is 0. The van der Waals surface area contributed by atoms with Crippen molar-refractivity contribution in [3.63, 3.8) is 0 Å². The van der Waals surface area contributed by atoms with E-state index in [0.717, 1.165) is 22.1 Å². The van der Waals surface area contributed by atoms with Crippen LogP contribution in [0.5, 0.6) is 5.75 Å². The van der Waals surface area contributed by atoms with Gasteiger partial charge in [-0.1, -0.05) is 12.1 Å². The molecule has 0 N–H and O–H groups in total. The summed E-state index contributed by atoms with van der Waals surface area (Å²) < 4.78 is 10.7. The van der Waals surface area contributed by atoms with Gasteiger partial charge in [0, 0.05) is 12.4 Å². The first-order chi connectivity index (χ1) is 11.2.